The lowest BCUT2D eigenvalue weighted by Crippen LogP contribution is -2.32. The number of aliphatic imine (C=N–C) groups is 1. The van der Waals surface area contributed by atoms with E-state index in [9.17, 15) is 30.4 Å². The first-order valence-electron chi connectivity index (χ1n) is 8.54. The Morgan fingerprint density at radius 3 is 2.55 bits per heavy atom. The highest BCUT2D eigenvalue weighted by molar-refractivity contribution is 7.94. The molecule has 12 heteroatoms. The molecule has 0 amide bonds. The molecule has 2 aromatic carbocycles. The molecular formula is C19H13F5N2O4S. The highest BCUT2D eigenvalue weighted by Crippen LogP contribution is 2.48. The second-order valence-electron chi connectivity index (χ2n) is 6.28. The standard InChI is InChI=1S/C19H13F5N2O4S/c1-29-5-4-26-17-16-14(31(27,28)19(17,23)24)3-2-13(15(16)18(21)22)30-12-7-10(9-25)6-11(20)8-12/h2-3,6-8,18H,4-5H2,1H3. The summed E-state index contributed by atoms with van der Waals surface area (Å²) >= 11 is 0. The average Bonchev–Trinajstić information content (AvgIpc) is 2.84. The van der Waals surface area contributed by atoms with Crippen LogP contribution in [0.2, 0.25) is 0 Å². The molecule has 3 rings (SSSR count). The lowest BCUT2D eigenvalue weighted by molar-refractivity contribution is 0.147. The third kappa shape index (κ3) is 3.86. The normalized spacial score (nSPS) is 17.5. The van der Waals surface area contributed by atoms with E-state index in [1.165, 1.54) is 7.11 Å². The van der Waals surface area contributed by atoms with Crippen LogP contribution in [-0.2, 0) is 14.6 Å². The minimum atomic E-state index is -5.33. The monoisotopic (exact) mass is 460 g/mol. The number of benzene rings is 2. The molecule has 0 unspecified atom stereocenters. The van der Waals surface area contributed by atoms with Gasteiger partial charge in [0, 0.05) is 18.7 Å². The van der Waals surface area contributed by atoms with Crippen LogP contribution in [0.4, 0.5) is 22.0 Å². The van der Waals surface area contributed by atoms with Crippen molar-refractivity contribution >= 4 is 15.5 Å². The number of fused-ring (bicyclic) bond motifs is 1. The van der Waals surface area contributed by atoms with E-state index in [1.54, 1.807) is 6.07 Å². The quantitative estimate of drug-likeness (QED) is 0.475. The minimum Gasteiger partial charge on any atom is -0.457 e. The van der Waals surface area contributed by atoms with Crippen LogP contribution in [-0.4, -0.2) is 39.6 Å². The van der Waals surface area contributed by atoms with Crippen molar-refractivity contribution in [3.63, 3.8) is 0 Å². The molecule has 0 radical (unpaired) electrons. The predicted octanol–water partition coefficient (Wildman–Crippen LogP) is 4.24. The van der Waals surface area contributed by atoms with Crippen LogP contribution >= 0.6 is 0 Å². The molecule has 0 fully saturated rings. The van der Waals surface area contributed by atoms with Crippen molar-refractivity contribution in [2.75, 3.05) is 20.3 Å². The van der Waals surface area contributed by atoms with Gasteiger partial charge in [0.25, 0.3) is 6.43 Å². The minimum absolute atomic E-state index is 0.157. The average molecular weight is 460 g/mol. The van der Waals surface area contributed by atoms with Gasteiger partial charge in [0.1, 0.15) is 23.0 Å². The molecule has 0 saturated carbocycles. The van der Waals surface area contributed by atoms with Crippen molar-refractivity contribution < 1.29 is 39.8 Å². The van der Waals surface area contributed by atoms with E-state index in [0.717, 1.165) is 24.3 Å². The number of hydrogen-bond acceptors (Lipinski definition) is 6. The molecule has 0 aliphatic carbocycles. The summed E-state index contributed by atoms with van der Waals surface area (Å²) in [6.45, 7) is -0.561. The van der Waals surface area contributed by atoms with Gasteiger partial charge in [0.15, 0.2) is 0 Å². The number of alkyl halides is 4. The fourth-order valence-corrected chi connectivity index (χ4v) is 4.42. The van der Waals surface area contributed by atoms with Crippen molar-refractivity contribution in [1.29, 1.82) is 5.26 Å². The second kappa shape index (κ2) is 8.24. The fourth-order valence-electron chi connectivity index (χ4n) is 3.00. The summed E-state index contributed by atoms with van der Waals surface area (Å²) in [4.78, 5) is 2.49. The summed E-state index contributed by atoms with van der Waals surface area (Å²) in [5.41, 5.74) is -3.63. The number of nitrogens with zero attached hydrogens (tertiary/aromatic N) is 2. The highest BCUT2D eigenvalue weighted by atomic mass is 32.2. The smallest absolute Gasteiger partial charge is 0.391 e. The first kappa shape index (κ1) is 22.6. The first-order valence-corrected chi connectivity index (χ1v) is 10.0. The van der Waals surface area contributed by atoms with E-state index in [2.05, 4.69) is 9.73 Å². The number of halogens is 5. The zero-order valence-electron chi connectivity index (χ0n) is 15.7. The SMILES string of the molecule is COCCN=C1c2c(ccc(Oc3cc(F)cc(C#N)c3)c2C(F)F)S(=O)(=O)C1(F)F. The topological polar surface area (TPSA) is 88.8 Å². The molecule has 2 aromatic rings. The molecule has 0 spiro atoms. The summed E-state index contributed by atoms with van der Waals surface area (Å²) < 4.78 is 105. The van der Waals surface area contributed by atoms with Crippen molar-refractivity contribution in [2.24, 2.45) is 4.99 Å². The maximum Gasteiger partial charge on any atom is 0.391 e. The number of nitriles is 1. The van der Waals surface area contributed by atoms with Gasteiger partial charge in [0.2, 0.25) is 9.84 Å². The van der Waals surface area contributed by atoms with Crippen LogP contribution in [0.1, 0.15) is 23.1 Å². The lowest BCUT2D eigenvalue weighted by Gasteiger charge is -2.15. The Morgan fingerprint density at radius 2 is 1.94 bits per heavy atom. The number of rotatable bonds is 6. The van der Waals surface area contributed by atoms with Gasteiger partial charge in [-0.3, -0.25) is 4.99 Å². The molecule has 6 nitrogen and oxygen atoms in total. The van der Waals surface area contributed by atoms with Gasteiger partial charge in [0.05, 0.1) is 35.2 Å². The van der Waals surface area contributed by atoms with Crippen LogP contribution in [0.15, 0.2) is 40.2 Å². The maximum absolute atomic E-state index is 14.6. The van der Waals surface area contributed by atoms with Crippen LogP contribution in [0, 0.1) is 17.1 Å². The Balaban J connectivity index is 2.23. The summed E-state index contributed by atoms with van der Waals surface area (Å²) in [7, 11) is -4.08. The van der Waals surface area contributed by atoms with Gasteiger partial charge in [-0.05, 0) is 24.3 Å². The molecular weight excluding hydrogens is 447 g/mol. The van der Waals surface area contributed by atoms with Crippen molar-refractivity contribution in [2.45, 2.75) is 16.6 Å². The Kier molecular flexibility index (Phi) is 6.02. The Bertz CT molecular complexity index is 1210. The van der Waals surface area contributed by atoms with Crippen LogP contribution in [0.3, 0.4) is 0 Å². The highest BCUT2D eigenvalue weighted by Gasteiger charge is 2.60. The number of hydrogen-bond donors (Lipinski definition) is 0. The molecule has 0 atom stereocenters. The maximum atomic E-state index is 14.6. The lowest BCUT2D eigenvalue weighted by atomic mass is 10.0. The van der Waals surface area contributed by atoms with E-state index in [1.807, 2.05) is 0 Å². The molecule has 1 aliphatic rings. The second-order valence-corrected chi connectivity index (χ2v) is 8.24. The van der Waals surface area contributed by atoms with Gasteiger partial charge >= 0.3 is 5.25 Å². The van der Waals surface area contributed by atoms with Gasteiger partial charge in [-0.25, -0.2) is 21.6 Å². The molecule has 31 heavy (non-hydrogen) atoms. The summed E-state index contributed by atoms with van der Waals surface area (Å²) in [6, 6.07) is 5.83. The third-order valence-electron chi connectivity index (χ3n) is 4.32. The molecule has 0 N–H and O–H groups in total. The van der Waals surface area contributed by atoms with Gasteiger partial charge < -0.3 is 9.47 Å². The fraction of sp³-hybridized carbons (Fsp3) is 0.263. The largest absolute Gasteiger partial charge is 0.457 e. The number of methoxy groups -OCH3 is 1. The summed E-state index contributed by atoms with van der Waals surface area (Å²) in [6.07, 6.45) is -3.44. The molecule has 0 saturated heterocycles. The Hall–Kier alpha value is -3.04. The van der Waals surface area contributed by atoms with Crippen molar-refractivity contribution in [1.82, 2.24) is 0 Å². The molecule has 164 valence electrons. The predicted molar refractivity (Wildman–Crippen MR) is 98.0 cm³/mol. The summed E-state index contributed by atoms with van der Waals surface area (Å²) in [5, 5.41) is 4.36. The van der Waals surface area contributed by atoms with E-state index in [-0.39, 0.29) is 17.9 Å². The van der Waals surface area contributed by atoms with Gasteiger partial charge in [-0.1, -0.05) is 0 Å². The van der Waals surface area contributed by atoms with Gasteiger partial charge in [-0.2, -0.15) is 14.0 Å². The molecule has 1 heterocycles. The van der Waals surface area contributed by atoms with Crippen molar-refractivity contribution in [3.05, 3.63) is 52.8 Å². The van der Waals surface area contributed by atoms with E-state index in [4.69, 9.17) is 10.00 Å². The number of sulfone groups is 1. The number of ether oxygens (including phenoxy) is 2. The first-order chi connectivity index (χ1) is 14.5. The summed E-state index contributed by atoms with van der Waals surface area (Å²) in [5.74, 6) is -1.94. The molecule has 0 bridgehead atoms. The molecule has 1 aliphatic heterocycles. The van der Waals surface area contributed by atoms with Crippen LogP contribution in [0.25, 0.3) is 0 Å². The Morgan fingerprint density at radius 1 is 1.23 bits per heavy atom. The van der Waals surface area contributed by atoms with Crippen LogP contribution < -0.4 is 4.74 Å². The van der Waals surface area contributed by atoms with Gasteiger partial charge in [-0.15, -0.1) is 0 Å². The van der Waals surface area contributed by atoms with E-state index >= 15 is 0 Å². The van der Waals surface area contributed by atoms with Crippen LogP contribution in [0.5, 0.6) is 11.5 Å². The zero-order valence-corrected chi connectivity index (χ0v) is 16.5. The third-order valence-corrected chi connectivity index (χ3v) is 6.11. The Labute approximate surface area is 173 Å². The van der Waals surface area contributed by atoms with E-state index < -0.39 is 61.4 Å². The van der Waals surface area contributed by atoms with Crippen molar-refractivity contribution in [3.8, 4) is 17.6 Å². The molecule has 0 aromatic heterocycles. The zero-order chi connectivity index (χ0) is 23.0. The van der Waals surface area contributed by atoms with E-state index in [0.29, 0.717) is 6.07 Å².